The summed E-state index contributed by atoms with van der Waals surface area (Å²) in [4.78, 5) is 28.8. The first-order valence-electron chi connectivity index (χ1n) is 4.36. The van der Waals surface area contributed by atoms with Crippen molar-refractivity contribution in [1.29, 1.82) is 0 Å². The van der Waals surface area contributed by atoms with Gasteiger partial charge in [-0.15, -0.1) is 0 Å². The molecule has 0 aliphatic carbocycles. The lowest BCUT2D eigenvalue weighted by Gasteiger charge is -2.00. The van der Waals surface area contributed by atoms with Crippen LogP contribution in [0.4, 0.5) is 0 Å². The summed E-state index contributed by atoms with van der Waals surface area (Å²) < 4.78 is 32.3. The zero-order valence-corrected chi connectivity index (χ0v) is 9.65. The smallest absolute Gasteiger partial charge is 0.321 e. The number of fused-ring (bicyclic) bond motifs is 1. The number of aryl methyl sites for hydroxylation is 1. The lowest BCUT2D eigenvalue weighted by Crippen LogP contribution is -2.36. The second kappa shape index (κ2) is 3.28. The molecule has 0 fully saturated rings. The molecule has 17 heavy (non-hydrogen) atoms. The Hall–Kier alpha value is -1.94. The van der Waals surface area contributed by atoms with Crippen molar-refractivity contribution in [3.05, 3.63) is 20.8 Å². The van der Waals surface area contributed by atoms with E-state index in [1.165, 1.54) is 14.1 Å². The molecule has 0 unspecified atom stereocenters. The molecule has 10 heteroatoms. The van der Waals surface area contributed by atoms with Gasteiger partial charge in [-0.3, -0.25) is 18.5 Å². The molecule has 0 aromatic carbocycles. The van der Waals surface area contributed by atoms with Gasteiger partial charge >= 0.3 is 15.8 Å². The summed E-state index contributed by atoms with van der Waals surface area (Å²) in [6.07, 6.45) is 0. The van der Waals surface area contributed by atoms with Crippen molar-refractivity contribution in [3.8, 4) is 0 Å². The molecule has 0 amide bonds. The Morgan fingerprint density at radius 1 is 1.24 bits per heavy atom. The third-order valence-electron chi connectivity index (χ3n) is 2.32. The van der Waals surface area contributed by atoms with E-state index in [0.29, 0.717) is 0 Å². The molecule has 0 saturated carbocycles. The van der Waals surface area contributed by atoms with Crippen molar-refractivity contribution < 1.29 is 13.0 Å². The van der Waals surface area contributed by atoms with E-state index in [1.807, 2.05) is 0 Å². The molecule has 2 rings (SSSR count). The van der Waals surface area contributed by atoms with Gasteiger partial charge in [0.2, 0.25) is 0 Å². The van der Waals surface area contributed by atoms with Gasteiger partial charge in [0.05, 0.1) is 0 Å². The largest absolute Gasteiger partial charge is 0.332 e. The van der Waals surface area contributed by atoms with E-state index in [9.17, 15) is 18.0 Å². The quantitative estimate of drug-likeness (QED) is 0.583. The lowest BCUT2D eigenvalue weighted by atomic mass is 10.5. The fraction of sp³-hybridized carbons (Fsp3) is 0.286. The highest BCUT2D eigenvalue weighted by Crippen LogP contribution is 2.08. The molecule has 92 valence electrons. The van der Waals surface area contributed by atoms with Crippen LogP contribution in [0, 0.1) is 0 Å². The Morgan fingerprint density at radius 3 is 2.35 bits per heavy atom. The van der Waals surface area contributed by atoms with E-state index in [4.69, 9.17) is 4.55 Å². The van der Waals surface area contributed by atoms with Gasteiger partial charge in [0.15, 0.2) is 11.2 Å². The van der Waals surface area contributed by atoms with Crippen LogP contribution in [0.3, 0.4) is 0 Å². The average molecular weight is 260 g/mol. The van der Waals surface area contributed by atoms with E-state index in [2.05, 4.69) is 9.97 Å². The van der Waals surface area contributed by atoms with E-state index in [-0.39, 0.29) is 11.2 Å². The van der Waals surface area contributed by atoms with Crippen LogP contribution in [0.15, 0.2) is 14.7 Å². The number of imidazole rings is 1. The van der Waals surface area contributed by atoms with Crippen molar-refractivity contribution in [2.45, 2.75) is 5.16 Å². The predicted octanol–water partition coefficient (Wildman–Crippen LogP) is -1.79. The monoisotopic (exact) mass is 260 g/mol. The maximum absolute atomic E-state index is 11.6. The molecule has 2 heterocycles. The van der Waals surface area contributed by atoms with Crippen molar-refractivity contribution >= 4 is 21.3 Å². The molecule has 0 atom stereocenters. The number of hydrogen-bond acceptors (Lipinski definition) is 5. The summed E-state index contributed by atoms with van der Waals surface area (Å²) in [5.41, 5.74) is -1.66. The Kier molecular flexibility index (Phi) is 2.22. The van der Waals surface area contributed by atoms with Crippen molar-refractivity contribution in [2.24, 2.45) is 14.1 Å². The minimum Gasteiger partial charge on any atom is -0.321 e. The Balaban J connectivity index is 3.07. The normalized spacial score (nSPS) is 12.2. The Bertz CT molecular complexity index is 824. The first-order chi connectivity index (χ1) is 7.73. The Labute approximate surface area is 94.1 Å². The molecule has 0 aliphatic rings. The molecule has 0 radical (unpaired) electrons. The fourth-order valence-corrected chi connectivity index (χ4v) is 1.86. The minimum atomic E-state index is -4.55. The summed E-state index contributed by atoms with van der Waals surface area (Å²) in [7, 11) is -1.97. The van der Waals surface area contributed by atoms with Gasteiger partial charge in [-0.25, -0.2) is 4.79 Å². The SMILES string of the molecule is Cn1c(=O)c2[nH]c(S(=O)(=O)O)nc2n(C)c1=O. The molecule has 9 nitrogen and oxygen atoms in total. The van der Waals surface area contributed by atoms with Crippen LogP contribution < -0.4 is 11.2 Å². The summed E-state index contributed by atoms with van der Waals surface area (Å²) in [6, 6.07) is 0. The number of H-pyrrole nitrogens is 1. The molecule has 0 bridgehead atoms. The first-order valence-corrected chi connectivity index (χ1v) is 5.80. The van der Waals surface area contributed by atoms with Gasteiger partial charge in [-0.2, -0.15) is 13.4 Å². The van der Waals surface area contributed by atoms with E-state index in [0.717, 1.165) is 9.13 Å². The topological polar surface area (TPSA) is 127 Å². The van der Waals surface area contributed by atoms with Crippen LogP contribution >= 0.6 is 0 Å². The number of nitrogens with zero attached hydrogens (tertiary/aromatic N) is 3. The average Bonchev–Trinajstić information content (AvgIpc) is 2.67. The van der Waals surface area contributed by atoms with E-state index >= 15 is 0 Å². The van der Waals surface area contributed by atoms with Crippen molar-refractivity contribution in [1.82, 2.24) is 19.1 Å². The van der Waals surface area contributed by atoms with Crippen molar-refractivity contribution in [2.75, 3.05) is 0 Å². The number of nitrogens with one attached hydrogen (secondary N) is 1. The van der Waals surface area contributed by atoms with E-state index < -0.39 is 26.5 Å². The molecule has 2 N–H and O–H groups in total. The highest BCUT2D eigenvalue weighted by Gasteiger charge is 2.19. The summed E-state index contributed by atoms with van der Waals surface area (Å²) in [6.45, 7) is 0. The molecule has 0 spiro atoms. The van der Waals surface area contributed by atoms with Gasteiger partial charge in [0.25, 0.3) is 10.7 Å². The highest BCUT2D eigenvalue weighted by atomic mass is 32.2. The molecule has 0 aliphatic heterocycles. The van der Waals surface area contributed by atoms with Crippen LogP contribution in [0.1, 0.15) is 0 Å². The van der Waals surface area contributed by atoms with Crippen LogP contribution in [-0.4, -0.2) is 32.1 Å². The number of aromatic amines is 1. The van der Waals surface area contributed by atoms with Gasteiger partial charge in [0.1, 0.15) is 0 Å². The number of rotatable bonds is 1. The second-order valence-electron chi connectivity index (χ2n) is 3.42. The van der Waals surface area contributed by atoms with Gasteiger partial charge in [-0.05, 0) is 0 Å². The zero-order valence-electron chi connectivity index (χ0n) is 8.83. The molecular formula is C7H8N4O5S. The summed E-state index contributed by atoms with van der Waals surface area (Å²) in [5, 5.41) is -0.772. The van der Waals surface area contributed by atoms with Crippen LogP contribution in [0.25, 0.3) is 11.2 Å². The molecule has 2 aromatic heterocycles. The number of hydrogen-bond donors (Lipinski definition) is 2. The summed E-state index contributed by atoms with van der Waals surface area (Å²) >= 11 is 0. The fourth-order valence-electron chi connectivity index (χ4n) is 1.43. The lowest BCUT2D eigenvalue weighted by molar-refractivity contribution is 0.476. The highest BCUT2D eigenvalue weighted by molar-refractivity contribution is 7.85. The minimum absolute atomic E-state index is 0.134. The maximum atomic E-state index is 11.6. The standard InChI is InChI=1S/C7H8N4O5S/c1-10-4-3(5(12)11(2)7(10)13)8-6(9-4)17(14,15)16/h1-2H3,(H,8,9)(H,14,15,16). The molecule has 2 aromatic rings. The predicted molar refractivity (Wildman–Crippen MR) is 56.4 cm³/mol. The molecule has 0 saturated heterocycles. The number of aromatic nitrogens is 4. The van der Waals surface area contributed by atoms with Gasteiger partial charge in [-0.1, -0.05) is 0 Å². The van der Waals surface area contributed by atoms with Crippen LogP contribution in [0.2, 0.25) is 0 Å². The summed E-state index contributed by atoms with van der Waals surface area (Å²) in [5.74, 6) is 0. The first kappa shape index (κ1) is 11.5. The third-order valence-corrected chi connectivity index (χ3v) is 3.00. The van der Waals surface area contributed by atoms with Crippen LogP contribution in [0.5, 0.6) is 0 Å². The van der Waals surface area contributed by atoms with Gasteiger partial charge < -0.3 is 4.98 Å². The van der Waals surface area contributed by atoms with Crippen molar-refractivity contribution in [3.63, 3.8) is 0 Å². The van der Waals surface area contributed by atoms with Gasteiger partial charge in [0, 0.05) is 14.1 Å². The second-order valence-corrected chi connectivity index (χ2v) is 4.76. The maximum Gasteiger partial charge on any atom is 0.332 e. The molecular weight excluding hydrogens is 252 g/mol. The van der Waals surface area contributed by atoms with E-state index in [1.54, 1.807) is 0 Å². The third kappa shape index (κ3) is 1.57. The van der Waals surface area contributed by atoms with Crippen LogP contribution in [-0.2, 0) is 24.2 Å². The zero-order chi connectivity index (χ0) is 13.0. The Morgan fingerprint density at radius 2 is 1.82 bits per heavy atom.